The van der Waals surface area contributed by atoms with E-state index in [-0.39, 0.29) is 11.9 Å². The fourth-order valence-electron chi connectivity index (χ4n) is 3.05. The van der Waals surface area contributed by atoms with Crippen LogP contribution in [-0.2, 0) is 16.2 Å². The quantitative estimate of drug-likeness (QED) is 0.615. The number of likely N-dealkylation sites (tertiary alicyclic amines) is 1. The van der Waals surface area contributed by atoms with Crippen molar-refractivity contribution in [2.24, 2.45) is 5.92 Å². The third-order valence-corrected chi connectivity index (χ3v) is 5.21. The van der Waals surface area contributed by atoms with E-state index in [1.165, 1.54) is 18.2 Å². The van der Waals surface area contributed by atoms with Crippen LogP contribution in [0.15, 0.2) is 18.2 Å². The molecular weight excluding hydrogens is 338 g/mol. The Balaban J connectivity index is 1.69. The molecule has 1 fully saturated rings. The molecule has 7 nitrogen and oxygen atoms in total. The second-order valence-corrected chi connectivity index (χ2v) is 6.86. The predicted octanol–water partition coefficient (Wildman–Crippen LogP) is 2.26. The van der Waals surface area contributed by atoms with Crippen LogP contribution in [0.3, 0.4) is 0 Å². The zero-order valence-electron chi connectivity index (χ0n) is 14.8. The average molecular weight is 361 g/mol. The molecule has 1 aliphatic heterocycles. The predicted molar refractivity (Wildman–Crippen MR) is 96.0 cm³/mol. The number of ether oxygens (including phenoxy) is 1. The molecule has 25 heavy (non-hydrogen) atoms. The number of tetrazole rings is 1. The van der Waals surface area contributed by atoms with Gasteiger partial charge in [-0.3, -0.25) is 9.69 Å². The molecule has 2 aromatic rings. The summed E-state index contributed by atoms with van der Waals surface area (Å²) >= 11 is 5.54. The van der Waals surface area contributed by atoms with Gasteiger partial charge in [0.2, 0.25) is 4.77 Å². The van der Waals surface area contributed by atoms with Gasteiger partial charge in [-0.15, -0.1) is 0 Å². The number of nitrogens with zero attached hydrogens (tertiary/aromatic N) is 5. The fraction of sp³-hybridized carbons (Fsp3) is 0.529. The van der Waals surface area contributed by atoms with Crippen LogP contribution in [0.2, 0.25) is 0 Å². The first-order chi connectivity index (χ1) is 12.0. The summed E-state index contributed by atoms with van der Waals surface area (Å²) in [6.45, 7) is 6.36. The first-order valence-corrected chi connectivity index (χ1v) is 8.81. The van der Waals surface area contributed by atoms with Crippen LogP contribution in [0.25, 0.3) is 5.69 Å². The van der Waals surface area contributed by atoms with E-state index in [0.29, 0.717) is 11.4 Å². The Morgan fingerprint density at radius 3 is 2.60 bits per heavy atom. The molecule has 134 valence electrons. The SMILES string of the molecule is COC(=O)C1CCN(Cn2nnn(-c3ccc(C)c(C)c3)c2=S)CC1. The molecule has 8 heteroatoms. The lowest BCUT2D eigenvalue weighted by Gasteiger charge is -2.29. The highest BCUT2D eigenvalue weighted by Gasteiger charge is 2.26. The number of aryl methyl sites for hydroxylation is 2. The van der Waals surface area contributed by atoms with Crippen LogP contribution < -0.4 is 0 Å². The lowest BCUT2D eigenvalue weighted by atomic mass is 9.97. The van der Waals surface area contributed by atoms with Gasteiger partial charge in [0.15, 0.2) is 0 Å². The number of esters is 1. The van der Waals surface area contributed by atoms with Crippen LogP contribution >= 0.6 is 12.2 Å². The summed E-state index contributed by atoms with van der Waals surface area (Å²) in [5.41, 5.74) is 3.35. The number of piperidine rings is 1. The average Bonchev–Trinajstić information content (AvgIpc) is 2.98. The van der Waals surface area contributed by atoms with Crippen molar-refractivity contribution < 1.29 is 9.53 Å². The van der Waals surface area contributed by atoms with Crippen molar-refractivity contribution in [3.05, 3.63) is 34.1 Å². The minimum Gasteiger partial charge on any atom is -0.469 e. The fourth-order valence-corrected chi connectivity index (χ4v) is 3.28. The molecule has 0 bridgehead atoms. The van der Waals surface area contributed by atoms with E-state index in [4.69, 9.17) is 17.0 Å². The van der Waals surface area contributed by atoms with Crippen LogP contribution in [0.4, 0.5) is 0 Å². The number of rotatable bonds is 4. The highest BCUT2D eigenvalue weighted by Crippen LogP contribution is 2.19. The number of carbonyl (C=O) groups excluding carboxylic acids is 1. The van der Waals surface area contributed by atoms with E-state index in [0.717, 1.165) is 31.6 Å². The molecule has 1 aromatic heterocycles. The number of methoxy groups -OCH3 is 1. The van der Waals surface area contributed by atoms with Crippen molar-refractivity contribution in [3.8, 4) is 5.69 Å². The lowest BCUT2D eigenvalue weighted by Crippen LogP contribution is -2.38. The molecule has 1 saturated heterocycles. The lowest BCUT2D eigenvalue weighted by molar-refractivity contribution is -0.147. The van der Waals surface area contributed by atoms with Crippen molar-refractivity contribution >= 4 is 18.2 Å². The molecule has 0 spiro atoms. The molecule has 0 radical (unpaired) electrons. The van der Waals surface area contributed by atoms with Crippen molar-refractivity contribution in [3.63, 3.8) is 0 Å². The molecule has 0 aliphatic carbocycles. The van der Waals surface area contributed by atoms with Gasteiger partial charge in [0.25, 0.3) is 0 Å². The van der Waals surface area contributed by atoms with Crippen LogP contribution in [-0.4, -0.2) is 50.9 Å². The van der Waals surface area contributed by atoms with Crippen LogP contribution in [0.5, 0.6) is 0 Å². The maximum Gasteiger partial charge on any atom is 0.308 e. The second kappa shape index (κ2) is 7.45. The summed E-state index contributed by atoms with van der Waals surface area (Å²) in [7, 11) is 1.44. The van der Waals surface area contributed by atoms with Gasteiger partial charge >= 0.3 is 5.97 Å². The standard InChI is InChI=1S/C17H23N5O2S/c1-12-4-5-15(10-13(12)2)22-17(25)21(18-19-22)11-20-8-6-14(7-9-20)16(23)24-3/h4-5,10,14H,6-9,11H2,1-3H3. The normalized spacial score (nSPS) is 16.1. The molecule has 0 atom stereocenters. The first kappa shape index (κ1) is 17.8. The van der Waals surface area contributed by atoms with Gasteiger partial charge in [-0.2, -0.15) is 4.68 Å². The van der Waals surface area contributed by atoms with Crippen LogP contribution in [0.1, 0.15) is 24.0 Å². The van der Waals surface area contributed by atoms with Gasteiger partial charge in [-0.05, 0) is 72.6 Å². The Bertz CT molecular complexity index is 821. The van der Waals surface area contributed by atoms with Gasteiger partial charge in [-0.25, -0.2) is 4.68 Å². The van der Waals surface area contributed by atoms with E-state index in [2.05, 4.69) is 41.3 Å². The highest BCUT2D eigenvalue weighted by atomic mass is 32.1. The van der Waals surface area contributed by atoms with Crippen molar-refractivity contribution in [1.82, 2.24) is 24.7 Å². The summed E-state index contributed by atoms with van der Waals surface area (Å²) < 4.78 is 8.80. The van der Waals surface area contributed by atoms with E-state index in [1.54, 1.807) is 9.36 Å². The Hall–Kier alpha value is -2.06. The molecule has 1 aliphatic rings. The van der Waals surface area contributed by atoms with E-state index < -0.39 is 0 Å². The third-order valence-electron chi connectivity index (χ3n) is 4.83. The Morgan fingerprint density at radius 2 is 1.96 bits per heavy atom. The van der Waals surface area contributed by atoms with Crippen molar-refractivity contribution in [1.29, 1.82) is 0 Å². The summed E-state index contributed by atoms with van der Waals surface area (Å²) in [4.78, 5) is 13.8. The monoisotopic (exact) mass is 361 g/mol. The van der Waals surface area contributed by atoms with Gasteiger partial charge < -0.3 is 4.74 Å². The number of carbonyl (C=O) groups is 1. The Morgan fingerprint density at radius 1 is 1.24 bits per heavy atom. The zero-order valence-corrected chi connectivity index (χ0v) is 15.6. The molecule has 1 aromatic carbocycles. The molecular formula is C17H23N5O2S. The number of hydrogen-bond acceptors (Lipinski definition) is 6. The molecule has 0 amide bonds. The molecule has 3 rings (SSSR count). The summed E-state index contributed by atoms with van der Waals surface area (Å²) in [5, 5.41) is 8.40. The minimum absolute atomic E-state index is 0.000406. The summed E-state index contributed by atoms with van der Waals surface area (Å²) in [6, 6.07) is 6.12. The number of hydrogen-bond donors (Lipinski definition) is 0. The Labute approximate surface area is 152 Å². The second-order valence-electron chi connectivity index (χ2n) is 6.50. The Kier molecular flexibility index (Phi) is 5.29. The number of aromatic nitrogens is 4. The molecule has 0 unspecified atom stereocenters. The molecule has 0 N–H and O–H groups in total. The first-order valence-electron chi connectivity index (χ1n) is 8.40. The maximum absolute atomic E-state index is 11.6. The maximum atomic E-state index is 11.6. The van der Waals surface area contributed by atoms with E-state index in [1.807, 2.05) is 6.07 Å². The van der Waals surface area contributed by atoms with Crippen molar-refractivity contribution in [2.45, 2.75) is 33.4 Å². The van der Waals surface area contributed by atoms with Gasteiger partial charge in [0.1, 0.15) is 0 Å². The summed E-state index contributed by atoms with van der Waals surface area (Å²) in [6.07, 6.45) is 1.59. The van der Waals surface area contributed by atoms with Gasteiger partial charge in [0, 0.05) is 13.1 Å². The topological polar surface area (TPSA) is 65.2 Å². The minimum atomic E-state index is -0.114. The van der Waals surface area contributed by atoms with Gasteiger partial charge in [-0.1, -0.05) is 6.07 Å². The van der Waals surface area contributed by atoms with E-state index >= 15 is 0 Å². The van der Waals surface area contributed by atoms with Gasteiger partial charge in [0.05, 0.1) is 25.4 Å². The smallest absolute Gasteiger partial charge is 0.308 e. The zero-order chi connectivity index (χ0) is 18.0. The van der Waals surface area contributed by atoms with Crippen LogP contribution in [0, 0.1) is 24.5 Å². The molecule has 0 saturated carbocycles. The third kappa shape index (κ3) is 3.80. The molecule has 2 heterocycles. The highest BCUT2D eigenvalue weighted by molar-refractivity contribution is 7.71. The summed E-state index contributed by atoms with van der Waals surface area (Å²) in [5.74, 6) is -0.114. The number of benzene rings is 1. The van der Waals surface area contributed by atoms with Crippen molar-refractivity contribution in [2.75, 3.05) is 20.2 Å². The largest absolute Gasteiger partial charge is 0.469 e. The van der Waals surface area contributed by atoms with E-state index in [9.17, 15) is 4.79 Å².